The van der Waals surface area contributed by atoms with Crippen LogP contribution in [0.5, 0.6) is 11.5 Å². The van der Waals surface area contributed by atoms with E-state index >= 15 is 0 Å². The molecule has 1 rings (SSSR count). The first kappa shape index (κ1) is 13.6. The highest BCUT2D eigenvalue weighted by atomic mass is 35.5. The fraction of sp³-hybridized carbons (Fsp3) is 0.417. The SMILES string of the molecule is CCOc1cc(Cl)c(CC(=O)O)cc1OCC. The maximum atomic E-state index is 10.7. The summed E-state index contributed by atoms with van der Waals surface area (Å²) >= 11 is 5.98. The van der Waals surface area contributed by atoms with Crippen molar-refractivity contribution in [1.29, 1.82) is 0 Å². The fourth-order valence-corrected chi connectivity index (χ4v) is 1.63. The van der Waals surface area contributed by atoms with Crippen LogP contribution in [0.25, 0.3) is 0 Å². The molecule has 0 saturated carbocycles. The number of ether oxygens (including phenoxy) is 2. The summed E-state index contributed by atoms with van der Waals surface area (Å²) in [5.74, 6) is 0.127. The Morgan fingerprint density at radius 3 is 2.24 bits per heavy atom. The molecule has 0 amide bonds. The van der Waals surface area contributed by atoms with Crippen LogP contribution in [-0.4, -0.2) is 24.3 Å². The number of carboxylic acids is 1. The molecule has 1 N–H and O–H groups in total. The lowest BCUT2D eigenvalue weighted by molar-refractivity contribution is -0.136. The van der Waals surface area contributed by atoms with Crippen LogP contribution in [0.4, 0.5) is 0 Å². The fourth-order valence-electron chi connectivity index (χ4n) is 1.41. The highest BCUT2D eigenvalue weighted by Gasteiger charge is 2.12. The van der Waals surface area contributed by atoms with Crippen molar-refractivity contribution in [2.45, 2.75) is 20.3 Å². The molecule has 0 spiro atoms. The van der Waals surface area contributed by atoms with Gasteiger partial charge in [0.15, 0.2) is 11.5 Å². The van der Waals surface area contributed by atoms with Gasteiger partial charge in [-0.3, -0.25) is 4.79 Å². The van der Waals surface area contributed by atoms with Gasteiger partial charge < -0.3 is 14.6 Å². The molecule has 0 atom stereocenters. The second kappa shape index (κ2) is 6.35. The van der Waals surface area contributed by atoms with E-state index in [0.29, 0.717) is 35.3 Å². The lowest BCUT2D eigenvalue weighted by atomic mass is 10.1. The van der Waals surface area contributed by atoms with Crippen LogP contribution in [0.3, 0.4) is 0 Å². The summed E-state index contributed by atoms with van der Waals surface area (Å²) in [6.45, 7) is 4.68. The van der Waals surface area contributed by atoms with Gasteiger partial charge in [0.05, 0.1) is 19.6 Å². The number of benzene rings is 1. The Balaban J connectivity index is 3.09. The average molecular weight is 259 g/mol. The van der Waals surface area contributed by atoms with Gasteiger partial charge in [-0.25, -0.2) is 0 Å². The molecule has 0 fully saturated rings. The number of rotatable bonds is 6. The zero-order valence-corrected chi connectivity index (χ0v) is 10.6. The van der Waals surface area contributed by atoms with E-state index in [4.69, 9.17) is 26.2 Å². The van der Waals surface area contributed by atoms with E-state index in [9.17, 15) is 4.79 Å². The summed E-state index contributed by atoms with van der Waals surface area (Å²) in [5.41, 5.74) is 0.520. The number of hydrogen-bond donors (Lipinski definition) is 1. The molecule has 0 radical (unpaired) electrons. The molecular formula is C12H15ClO4. The van der Waals surface area contributed by atoms with E-state index in [1.165, 1.54) is 0 Å². The maximum absolute atomic E-state index is 10.7. The topological polar surface area (TPSA) is 55.8 Å². The number of aliphatic carboxylic acids is 1. The van der Waals surface area contributed by atoms with Crippen LogP contribution in [0.15, 0.2) is 12.1 Å². The van der Waals surface area contributed by atoms with Crippen molar-refractivity contribution >= 4 is 17.6 Å². The minimum absolute atomic E-state index is 0.134. The molecule has 17 heavy (non-hydrogen) atoms. The highest BCUT2D eigenvalue weighted by molar-refractivity contribution is 6.31. The van der Waals surface area contributed by atoms with Crippen LogP contribution in [0, 0.1) is 0 Å². The number of halogens is 1. The third kappa shape index (κ3) is 3.82. The van der Waals surface area contributed by atoms with E-state index in [-0.39, 0.29) is 6.42 Å². The monoisotopic (exact) mass is 258 g/mol. The Morgan fingerprint density at radius 1 is 1.24 bits per heavy atom. The van der Waals surface area contributed by atoms with Gasteiger partial charge in [-0.15, -0.1) is 0 Å². The first-order valence-electron chi connectivity index (χ1n) is 5.38. The minimum atomic E-state index is -0.932. The third-order valence-electron chi connectivity index (χ3n) is 2.05. The van der Waals surface area contributed by atoms with Crippen LogP contribution in [0.2, 0.25) is 5.02 Å². The Kier molecular flexibility index (Phi) is 5.10. The summed E-state index contributed by atoms with van der Waals surface area (Å²) in [7, 11) is 0. The van der Waals surface area contributed by atoms with Crippen molar-refractivity contribution < 1.29 is 19.4 Å². The highest BCUT2D eigenvalue weighted by Crippen LogP contribution is 2.33. The molecular weight excluding hydrogens is 244 g/mol. The van der Waals surface area contributed by atoms with Crippen molar-refractivity contribution in [3.63, 3.8) is 0 Å². The van der Waals surface area contributed by atoms with E-state index in [0.717, 1.165) is 0 Å². The average Bonchev–Trinajstić information content (AvgIpc) is 2.24. The number of carboxylic acid groups (broad SMARTS) is 1. The standard InChI is InChI=1S/C12H15ClO4/c1-3-16-10-5-8(6-12(14)15)9(13)7-11(10)17-4-2/h5,7H,3-4,6H2,1-2H3,(H,14,15). The van der Waals surface area contributed by atoms with Gasteiger partial charge in [-0.05, 0) is 25.5 Å². The maximum Gasteiger partial charge on any atom is 0.307 e. The van der Waals surface area contributed by atoms with E-state index in [1.54, 1.807) is 12.1 Å². The van der Waals surface area contributed by atoms with Crippen LogP contribution < -0.4 is 9.47 Å². The predicted octanol–water partition coefficient (Wildman–Crippen LogP) is 2.76. The summed E-state index contributed by atoms with van der Waals surface area (Å²) in [6.07, 6.45) is -0.134. The summed E-state index contributed by atoms with van der Waals surface area (Å²) in [5, 5.41) is 9.13. The molecule has 4 nitrogen and oxygen atoms in total. The minimum Gasteiger partial charge on any atom is -0.490 e. The van der Waals surface area contributed by atoms with Crippen LogP contribution in [-0.2, 0) is 11.2 Å². The molecule has 0 aromatic heterocycles. The smallest absolute Gasteiger partial charge is 0.307 e. The predicted molar refractivity (Wildman–Crippen MR) is 65.1 cm³/mol. The van der Waals surface area contributed by atoms with Gasteiger partial charge in [-0.2, -0.15) is 0 Å². The number of hydrogen-bond acceptors (Lipinski definition) is 3. The molecule has 0 aliphatic rings. The van der Waals surface area contributed by atoms with E-state index < -0.39 is 5.97 Å². The molecule has 0 heterocycles. The van der Waals surface area contributed by atoms with Crippen molar-refractivity contribution in [3.8, 4) is 11.5 Å². The van der Waals surface area contributed by atoms with Crippen molar-refractivity contribution in [2.75, 3.05) is 13.2 Å². The molecule has 0 bridgehead atoms. The lowest BCUT2D eigenvalue weighted by Crippen LogP contribution is -2.04. The van der Waals surface area contributed by atoms with E-state index in [2.05, 4.69) is 0 Å². The van der Waals surface area contributed by atoms with Crippen LogP contribution >= 0.6 is 11.6 Å². The van der Waals surface area contributed by atoms with Gasteiger partial charge in [0.25, 0.3) is 0 Å². The summed E-state index contributed by atoms with van der Waals surface area (Å²) < 4.78 is 10.8. The molecule has 0 saturated heterocycles. The van der Waals surface area contributed by atoms with Crippen molar-refractivity contribution in [3.05, 3.63) is 22.7 Å². The molecule has 94 valence electrons. The molecule has 0 aliphatic heterocycles. The Labute approximate surface area is 105 Å². The molecule has 1 aromatic carbocycles. The largest absolute Gasteiger partial charge is 0.490 e. The Bertz CT molecular complexity index is 404. The first-order chi connectivity index (χ1) is 8.08. The van der Waals surface area contributed by atoms with Crippen molar-refractivity contribution in [1.82, 2.24) is 0 Å². The second-order valence-electron chi connectivity index (χ2n) is 3.33. The van der Waals surface area contributed by atoms with Gasteiger partial charge in [0.2, 0.25) is 0 Å². The molecule has 1 aromatic rings. The van der Waals surface area contributed by atoms with Crippen LogP contribution in [0.1, 0.15) is 19.4 Å². The first-order valence-corrected chi connectivity index (χ1v) is 5.76. The third-order valence-corrected chi connectivity index (χ3v) is 2.41. The quantitative estimate of drug-likeness (QED) is 0.852. The van der Waals surface area contributed by atoms with E-state index in [1.807, 2.05) is 13.8 Å². The van der Waals surface area contributed by atoms with Crippen molar-refractivity contribution in [2.24, 2.45) is 0 Å². The molecule has 0 unspecified atom stereocenters. The summed E-state index contributed by atoms with van der Waals surface area (Å²) in [6, 6.07) is 3.21. The Hall–Kier alpha value is -1.42. The van der Waals surface area contributed by atoms with Gasteiger partial charge in [0, 0.05) is 11.1 Å². The number of carbonyl (C=O) groups is 1. The Morgan fingerprint density at radius 2 is 1.76 bits per heavy atom. The van der Waals surface area contributed by atoms with Gasteiger partial charge in [-0.1, -0.05) is 11.6 Å². The lowest BCUT2D eigenvalue weighted by Gasteiger charge is -2.13. The zero-order chi connectivity index (χ0) is 12.8. The summed E-state index contributed by atoms with van der Waals surface area (Å²) in [4.78, 5) is 10.7. The second-order valence-corrected chi connectivity index (χ2v) is 3.73. The molecule has 0 aliphatic carbocycles. The van der Waals surface area contributed by atoms with Gasteiger partial charge >= 0.3 is 5.97 Å². The zero-order valence-electron chi connectivity index (χ0n) is 9.83. The normalized spacial score (nSPS) is 10.1. The van der Waals surface area contributed by atoms with Gasteiger partial charge in [0.1, 0.15) is 0 Å². The molecule has 5 heteroatoms.